The van der Waals surface area contributed by atoms with Crippen molar-refractivity contribution in [1.82, 2.24) is 14.8 Å². The van der Waals surface area contributed by atoms with Crippen LogP contribution in [0.3, 0.4) is 0 Å². The Kier molecular flexibility index (Phi) is 3.03. The highest BCUT2D eigenvalue weighted by atomic mass is 16.4. The highest BCUT2D eigenvalue weighted by Crippen LogP contribution is 2.22. The Balaban J connectivity index is 2.15. The molecule has 0 aliphatic carbocycles. The lowest BCUT2D eigenvalue weighted by Crippen LogP contribution is -2.06. The highest BCUT2D eigenvalue weighted by Gasteiger charge is 2.09. The molecule has 0 saturated heterocycles. The topological polar surface area (TPSA) is 84.7 Å². The lowest BCUT2D eigenvalue weighted by Gasteiger charge is -2.08. The van der Waals surface area contributed by atoms with Crippen molar-refractivity contribution < 1.29 is 4.42 Å². The molecule has 0 fully saturated rings. The molecular weight excluding hydrogens is 268 g/mol. The van der Waals surface area contributed by atoms with Crippen LogP contribution in [0.2, 0.25) is 0 Å². The Labute approximate surface area is 120 Å². The fraction of sp³-hybridized carbons (Fsp3) is 0.200. The zero-order valence-electron chi connectivity index (χ0n) is 11.6. The number of nitrogens with zero attached hydrogens (tertiary/aromatic N) is 4. The van der Waals surface area contributed by atoms with E-state index in [1.54, 1.807) is 0 Å². The second-order valence-corrected chi connectivity index (χ2v) is 4.90. The van der Waals surface area contributed by atoms with Crippen molar-refractivity contribution in [1.29, 1.82) is 5.26 Å². The smallest absolute Gasteiger partial charge is 0.336 e. The summed E-state index contributed by atoms with van der Waals surface area (Å²) in [5, 5.41) is 13.6. The van der Waals surface area contributed by atoms with E-state index in [1.807, 2.05) is 32.0 Å². The van der Waals surface area contributed by atoms with E-state index in [0.29, 0.717) is 12.1 Å². The summed E-state index contributed by atoms with van der Waals surface area (Å²) >= 11 is 0. The van der Waals surface area contributed by atoms with Gasteiger partial charge in [0.15, 0.2) is 0 Å². The molecule has 6 nitrogen and oxygen atoms in total. The van der Waals surface area contributed by atoms with Crippen LogP contribution in [0.5, 0.6) is 0 Å². The average molecular weight is 280 g/mol. The van der Waals surface area contributed by atoms with Gasteiger partial charge in [0, 0.05) is 11.5 Å². The predicted molar refractivity (Wildman–Crippen MR) is 75.8 cm³/mol. The zero-order valence-corrected chi connectivity index (χ0v) is 11.6. The van der Waals surface area contributed by atoms with Crippen molar-refractivity contribution in [3.8, 4) is 6.07 Å². The maximum atomic E-state index is 11.7. The highest BCUT2D eigenvalue weighted by molar-refractivity contribution is 5.81. The van der Waals surface area contributed by atoms with Gasteiger partial charge in [0.05, 0.1) is 6.54 Å². The van der Waals surface area contributed by atoms with Crippen LogP contribution in [-0.4, -0.2) is 14.8 Å². The summed E-state index contributed by atoms with van der Waals surface area (Å²) in [6, 6.07) is 7.17. The summed E-state index contributed by atoms with van der Waals surface area (Å²) in [6.45, 7) is 4.34. The first-order chi connectivity index (χ1) is 10.1. The molecule has 3 rings (SSSR count). The number of benzene rings is 1. The number of hydrogen-bond acceptors (Lipinski definition) is 5. The molecule has 2 aromatic heterocycles. The minimum Gasteiger partial charge on any atom is -0.423 e. The molecule has 21 heavy (non-hydrogen) atoms. The lowest BCUT2D eigenvalue weighted by molar-refractivity contribution is 0.556. The summed E-state index contributed by atoms with van der Waals surface area (Å²) in [4.78, 5) is 15.5. The van der Waals surface area contributed by atoms with E-state index in [2.05, 4.69) is 10.1 Å². The van der Waals surface area contributed by atoms with Crippen LogP contribution in [0, 0.1) is 25.2 Å². The Morgan fingerprint density at radius 2 is 2.05 bits per heavy atom. The van der Waals surface area contributed by atoms with Gasteiger partial charge in [0.1, 0.15) is 18.0 Å². The summed E-state index contributed by atoms with van der Waals surface area (Å²) in [6.07, 6.45) is 1.47. The van der Waals surface area contributed by atoms with E-state index in [4.69, 9.17) is 9.68 Å². The minimum absolute atomic E-state index is 0.106. The van der Waals surface area contributed by atoms with Crippen molar-refractivity contribution in [2.75, 3.05) is 0 Å². The molecule has 0 amide bonds. The Bertz CT molecular complexity index is 931. The summed E-state index contributed by atoms with van der Waals surface area (Å²) < 4.78 is 6.78. The number of hydrogen-bond donors (Lipinski definition) is 0. The molecule has 0 radical (unpaired) electrons. The lowest BCUT2D eigenvalue weighted by atomic mass is 10.0. The summed E-state index contributed by atoms with van der Waals surface area (Å²) in [5.74, 6) is 0.106. The van der Waals surface area contributed by atoms with Crippen molar-refractivity contribution in [2.24, 2.45) is 0 Å². The molecule has 0 bridgehead atoms. The van der Waals surface area contributed by atoms with Gasteiger partial charge in [0.2, 0.25) is 0 Å². The van der Waals surface area contributed by atoms with Gasteiger partial charge in [0.25, 0.3) is 5.82 Å². The molecule has 3 aromatic rings. The van der Waals surface area contributed by atoms with E-state index in [1.165, 1.54) is 17.1 Å². The van der Waals surface area contributed by atoms with Crippen LogP contribution in [0.4, 0.5) is 0 Å². The van der Waals surface area contributed by atoms with Gasteiger partial charge in [-0.3, -0.25) is 0 Å². The van der Waals surface area contributed by atoms with Crippen molar-refractivity contribution in [2.45, 2.75) is 20.4 Å². The van der Waals surface area contributed by atoms with Gasteiger partial charge in [-0.05, 0) is 42.7 Å². The molecular formula is C15H12N4O2. The minimum atomic E-state index is -0.402. The van der Waals surface area contributed by atoms with Crippen molar-refractivity contribution >= 4 is 11.0 Å². The average Bonchev–Trinajstić information content (AvgIpc) is 2.88. The normalized spacial score (nSPS) is 10.7. The SMILES string of the molecule is Cc1cc2oc(=O)cc(Cn3cnc(C#N)n3)c2cc1C. The molecule has 1 aromatic carbocycles. The number of aromatic nitrogens is 3. The van der Waals surface area contributed by atoms with Crippen molar-refractivity contribution in [3.05, 3.63) is 57.5 Å². The molecule has 2 heterocycles. The van der Waals surface area contributed by atoms with Crippen LogP contribution in [0.25, 0.3) is 11.0 Å². The third kappa shape index (κ3) is 2.41. The van der Waals surface area contributed by atoms with Gasteiger partial charge in [-0.2, -0.15) is 5.26 Å². The molecule has 0 unspecified atom stereocenters. The van der Waals surface area contributed by atoms with Crippen LogP contribution in [0.15, 0.2) is 33.7 Å². The first-order valence-corrected chi connectivity index (χ1v) is 6.40. The Morgan fingerprint density at radius 1 is 1.29 bits per heavy atom. The molecule has 0 atom stereocenters. The molecule has 0 N–H and O–H groups in total. The second kappa shape index (κ2) is 4.87. The Morgan fingerprint density at radius 3 is 2.76 bits per heavy atom. The van der Waals surface area contributed by atoms with Crippen LogP contribution in [0.1, 0.15) is 22.5 Å². The zero-order chi connectivity index (χ0) is 15.0. The number of rotatable bonds is 2. The number of fused-ring (bicyclic) bond motifs is 1. The quantitative estimate of drug-likeness (QED) is 0.669. The van der Waals surface area contributed by atoms with Crippen molar-refractivity contribution in [3.63, 3.8) is 0 Å². The second-order valence-electron chi connectivity index (χ2n) is 4.90. The number of nitriles is 1. The van der Waals surface area contributed by atoms with Gasteiger partial charge >= 0.3 is 5.63 Å². The Hall–Kier alpha value is -2.94. The van der Waals surface area contributed by atoms with Gasteiger partial charge in [-0.15, -0.1) is 5.10 Å². The number of aryl methyl sites for hydroxylation is 2. The van der Waals surface area contributed by atoms with E-state index < -0.39 is 5.63 Å². The van der Waals surface area contributed by atoms with Gasteiger partial charge in [-0.1, -0.05) is 0 Å². The molecule has 0 spiro atoms. The predicted octanol–water partition coefficient (Wildman–Crippen LogP) is 1.92. The van der Waals surface area contributed by atoms with Crippen LogP contribution in [-0.2, 0) is 6.54 Å². The first-order valence-electron chi connectivity index (χ1n) is 6.40. The van der Waals surface area contributed by atoms with E-state index >= 15 is 0 Å². The first kappa shape index (κ1) is 13.1. The molecule has 0 aliphatic heterocycles. The molecule has 6 heteroatoms. The third-order valence-corrected chi connectivity index (χ3v) is 3.41. The maximum absolute atomic E-state index is 11.7. The fourth-order valence-corrected chi connectivity index (χ4v) is 2.21. The monoisotopic (exact) mass is 280 g/mol. The molecule has 0 aliphatic rings. The molecule has 104 valence electrons. The molecule has 0 saturated carbocycles. The summed E-state index contributed by atoms with van der Waals surface area (Å²) in [7, 11) is 0. The maximum Gasteiger partial charge on any atom is 0.336 e. The van der Waals surface area contributed by atoms with E-state index in [9.17, 15) is 4.79 Å². The van der Waals surface area contributed by atoms with E-state index in [-0.39, 0.29) is 5.82 Å². The third-order valence-electron chi connectivity index (χ3n) is 3.41. The van der Waals surface area contributed by atoms with Crippen LogP contribution >= 0.6 is 0 Å². The standard InChI is InChI=1S/C15H12N4O2/c1-9-3-12-11(7-19-8-17-14(6-16)18-19)5-15(20)21-13(12)4-10(9)2/h3-5,8H,7H2,1-2H3. The largest absolute Gasteiger partial charge is 0.423 e. The fourth-order valence-electron chi connectivity index (χ4n) is 2.21. The summed E-state index contributed by atoms with van der Waals surface area (Å²) in [5.41, 5.74) is 3.13. The van der Waals surface area contributed by atoms with Gasteiger partial charge in [-0.25, -0.2) is 14.5 Å². The van der Waals surface area contributed by atoms with Gasteiger partial charge < -0.3 is 4.42 Å². The van der Waals surface area contributed by atoms with E-state index in [0.717, 1.165) is 22.1 Å². The van der Waals surface area contributed by atoms with Crippen LogP contribution < -0.4 is 5.63 Å².